The van der Waals surface area contributed by atoms with Crippen LogP contribution in [0.3, 0.4) is 0 Å². The molecule has 1 amide bonds. The normalized spacial score (nSPS) is 11.0. The number of nitrogens with zero attached hydrogens (tertiary/aromatic N) is 4. The minimum atomic E-state index is -0.493. The van der Waals surface area contributed by atoms with Gasteiger partial charge in [0.1, 0.15) is 11.6 Å². The van der Waals surface area contributed by atoms with Crippen molar-refractivity contribution in [2.75, 3.05) is 5.32 Å². The highest BCUT2D eigenvalue weighted by molar-refractivity contribution is 6.13. The number of carbonyl (C=O) groups is 1. The molecule has 0 bridgehead atoms. The van der Waals surface area contributed by atoms with E-state index in [4.69, 9.17) is 5.26 Å². The van der Waals surface area contributed by atoms with E-state index in [1.165, 1.54) is 0 Å². The number of hydrogen-bond acceptors (Lipinski definition) is 4. The van der Waals surface area contributed by atoms with Gasteiger partial charge in [-0.25, -0.2) is 0 Å². The Kier molecular flexibility index (Phi) is 6.06. The van der Waals surface area contributed by atoms with E-state index in [0.717, 1.165) is 16.3 Å². The molecular formula is C26H19N5O. The van der Waals surface area contributed by atoms with Gasteiger partial charge in [-0.1, -0.05) is 66.7 Å². The van der Waals surface area contributed by atoms with Crippen LogP contribution < -0.4 is 5.32 Å². The van der Waals surface area contributed by atoms with Crippen LogP contribution in [0.5, 0.6) is 0 Å². The molecule has 0 aliphatic carbocycles. The molecule has 6 heteroatoms. The molecule has 0 radical (unpaired) electrons. The lowest BCUT2D eigenvalue weighted by atomic mass is 10.1. The zero-order valence-electron chi connectivity index (χ0n) is 17.2. The van der Waals surface area contributed by atoms with Gasteiger partial charge in [0, 0.05) is 28.4 Å². The molecule has 4 aromatic rings. The Morgan fingerprint density at radius 1 is 1.00 bits per heavy atom. The monoisotopic (exact) mass is 417 g/mol. The summed E-state index contributed by atoms with van der Waals surface area (Å²) in [7, 11) is 0. The molecule has 3 aromatic carbocycles. The first-order valence-corrected chi connectivity index (χ1v) is 10.1. The van der Waals surface area contributed by atoms with Gasteiger partial charge in [-0.05, 0) is 17.5 Å². The van der Waals surface area contributed by atoms with Crippen molar-refractivity contribution in [1.29, 1.82) is 10.5 Å². The number of nitrogens with one attached hydrogen (secondary N) is 1. The molecule has 0 atom stereocenters. The Morgan fingerprint density at radius 3 is 2.53 bits per heavy atom. The van der Waals surface area contributed by atoms with Gasteiger partial charge in [-0.2, -0.15) is 15.6 Å². The average Bonchev–Trinajstić information content (AvgIpc) is 3.24. The highest BCUT2D eigenvalue weighted by atomic mass is 16.1. The van der Waals surface area contributed by atoms with E-state index < -0.39 is 5.91 Å². The number of rotatable bonds is 6. The number of nitriles is 2. The van der Waals surface area contributed by atoms with Gasteiger partial charge >= 0.3 is 0 Å². The molecule has 1 N–H and O–H groups in total. The zero-order valence-corrected chi connectivity index (χ0v) is 17.2. The van der Waals surface area contributed by atoms with E-state index in [2.05, 4.69) is 16.5 Å². The van der Waals surface area contributed by atoms with Gasteiger partial charge < -0.3 is 5.32 Å². The molecule has 1 aromatic heterocycles. The summed E-state index contributed by atoms with van der Waals surface area (Å²) in [4.78, 5) is 12.9. The van der Waals surface area contributed by atoms with Crippen molar-refractivity contribution < 1.29 is 4.79 Å². The summed E-state index contributed by atoms with van der Waals surface area (Å²) in [6, 6.07) is 27.0. The van der Waals surface area contributed by atoms with Gasteiger partial charge in [0.15, 0.2) is 0 Å². The third-order valence-corrected chi connectivity index (χ3v) is 4.99. The van der Waals surface area contributed by atoms with E-state index in [9.17, 15) is 10.1 Å². The van der Waals surface area contributed by atoms with Gasteiger partial charge in [0.05, 0.1) is 24.7 Å². The molecule has 0 unspecified atom stereocenters. The van der Waals surface area contributed by atoms with E-state index in [0.29, 0.717) is 29.9 Å². The van der Waals surface area contributed by atoms with Crippen LogP contribution in [0.15, 0.2) is 84.6 Å². The van der Waals surface area contributed by atoms with Crippen molar-refractivity contribution in [1.82, 2.24) is 9.78 Å². The van der Waals surface area contributed by atoms with Gasteiger partial charge in [-0.15, -0.1) is 0 Å². The first-order valence-electron chi connectivity index (χ1n) is 10.1. The topological polar surface area (TPSA) is 94.5 Å². The smallest absolute Gasteiger partial charge is 0.266 e. The predicted molar refractivity (Wildman–Crippen MR) is 124 cm³/mol. The minimum Gasteiger partial charge on any atom is -0.321 e. The van der Waals surface area contributed by atoms with E-state index in [1.54, 1.807) is 17.0 Å². The number of fused-ring (bicyclic) bond motifs is 1. The standard InChI is InChI=1S/C26H19N5O/c27-14-7-15-31-18-22(25(30-31)20-9-2-1-3-10-20)16-21(17-28)26(32)29-24-13-6-11-19-8-4-5-12-23(19)24/h1-6,8-13,16,18H,7,15H2,(H,29,32)/b21-16+. The Labute approximate surface area is 185 Å². The summed E-state index contributed by atoms with van der Waals surface area (Å²) in [6.45, 7) is 0.425. The minimum absolute atomic E-state index is 0.0325. The Morgan fingerprint density at radius 2 is 1.75 bits per heavy atom. The highest BCUT2D eigenvalue weighted by Gasteiger charge is 2.15. The van der Waals surface area contributed by atoms with Crippen LogP contribution in [-0.2, 0) is 11.3 Å². The van der Waals surface area contributed by atoms with Gasteiger partial charge in [0.2, 0.25) is 0 Å². The van der Waals surface area contributed by atoms with Crippen molar-refractivity contribution in [2.24, 2.45) is 0 Å². The van der Waals surface area contributed by atoms with E-state index in [-0.39, 0.29) is 5.57 Å². The number of hydrogen-bond donors (Lipinski definition) is 1. The van der Waals surface area contributed by atoms with Crippen LogP contribution in [0.2, 0.25) is 0 Å². The number of carbonyl (C=O) groups excluding carboxylic acids is 1. The van der Waals surface area contributed by atoms with Gasteiger partial charge in [-0.3, -0.25) is 9.48 Å². The van der Waals surface area contributed by atoms with Crippen molar-refractivity contribution in [3.63, 3.8) is 0 Å². The summed E-state index contributed by atoms with van der Waals surface area (Å²) in [6.07, 6.45) is 3.60. The molecular weight excluding hydrogens is 398 g/mol. The van der Waals surface area contributed by atoms with Crippen LogP contribution in [0.1, 0.15) is 12.0 Å². The molecule has 6 nitrogen and oxygen atoms in total. The number of amides is 1. The SMILES string of the molecule is N#CCCn1cc(/C=C(\C#N)C(=O)Nc2cccc3ccccc23)c(-c2ccccc2)n1. The number of aromatic nitrogens is 2. The maximum atomic E-state index is 12.9. The van der Waals surface area contributed by atoms with Gasteiger partial charge in [0.25, 0.3) is 5.91 Å². The fourth-order valence-corrected chi connectivity index (χ4v) is 3.47. The third kappa shape index (κ3) is 4.40. The second-order valence-corrected chi connectivity index (χ2v) is 7.12. The fourth-order valence-electron chi connectivity index (χ4n) is 3.47. The fraction of sp³-hybridized carbons (Fsp3) is 0.0769. The average molecular weight is 417 g/mol. The number of aryl methyl sites for hydroxylation is 1. The third-order valence-electron chi connectivity index (χ3n) is 4.99. The highest BCUT2D eigenvalue weighted by Crippen LogP contribution is 2.26. The largest absolute Gasteiger partial charge is 0.321 e. The molecule has 0 saturated carbocycles. The maximum absolute atomic E-state index is 12.9. The van der Waals surface area contributed by atoms with Crippen LogP contribution in [-0.4, -0.2) is 15.7 Å². The maximum Gasteiger partial charge on any atom is 0.266 e. The Balaban J connectivity index is 1.69. The van der Waals surface area contributed by atoms with Crippen LogP contribution in [0.4, 0.5) is 5.69 Å². The van der Waals surface area contributed by atoms with Crippen molar-refractivity contribution >= 4 is 28.4 Å². The van der Waals surface area contributed by atoms with Crippen LogP contribution in [0, 0.1) is 22.7 Å². The van der Waals surface area contributed by atoms with Crippen LogP contribution in [0.25, 0.3) is 28.1 Å². The summed E-state index contributed by atoms with van der Waals surface area (Å²) in [5.41, 5.74) is 2.76. The molecule has 0 aliphatic heterocycles. The summed E-state index contributed by atoms with van der Waals surface area (Å²) in [5, 5.41) is 27.9. The lowest BCUT2D eigenvalue weighted by Gasteiger charge is -2.08. The number of benzene rings is 3. The molecule has 154 valence electrons. The first kappa shape index (κ1) is 20.6. The van der Waals surface area contributed by atoms with Crippen LogP contribution >= 0.6 is 0 Å². The van der Waals surface area contributed by atoms with Crippen molar-refractivity contribution in [2.45, 2.75) is 13.0 Å². The second kappa shape index (κ2) is 9.42. The molecule has 0 aliphatic rings. The molecule has 4 rings (SSSR count). The molecule has 1 heterocycles. The summed E-state index contributed by atoms with van der Waals surface area (Å²) < 4.78 is 1.66. The lowest BCUT2D eigenvalue weighted by Crippen LogP contribution is -2.13. The van der Waals surface area contributed by atoms with Crippen molar-refractivity contribution in [3.8, 4) is 23.4 Å². The Bertz CT molecular complexity index is 1380. The van der Waals surface area contributed by atoms with E-state index in [1.807, 2.05) is 78.9 Å². The lowest BCUT2D eigenvalue weighted by molar-refractivity contribution is -0.112. The van der Waals surface area contributed by atoms with E-state index >= 15 is 0 Å². The first-order chi connectivity index (χ1) is 15.7. The van der Waals surface area contributed by atoms with Crippen molar-refractivity contribution in [3.05, 3.63) is 90.1 Å². The second-order valence-electron chi connectivity index (χ2n) is 7.12. The molecule has 0 saturated heterocycles. The zero-order chi connectivity index (χ0) is 22.3. The molecule has 0 fully saturated rings. The summed E-state index contributed by atoms with van der Waals surface area (Å²) >= 11 is 0. The molecule has 0 spiro atoms. The Hall–Kier alpha value is -4.68. The summed E-state index contributed by atoms with van der Waals surface area (Å²) in [5.74, 6) is -0.493. The quantitative estimate of drug-likeness (QED) is 0.346. The molecule has 32 heavy (non-hydrogen) atoms. The number of anilines is 1. The predicted octanol–water partition coefficient (Wildman–Crippen LogP) is 5.16.